The minimum Gasteiger partial charge on any atom is -0.311 e. The second-order valence-corrected chi connectivity index (χ2v) is 4.20. The van der Waals surface area contributed by atoms with Crippen LogP contribution in [0.15, 0.2) is 0 Å². The van der Waals surface area contributed by atoms with Gasteiger partial charge in [0, 0.05) is 6.54 Å². The fraction of sp³-hybridized carbons (Fsp3) is 0.700. The van der Waals surface area contributed by atoms with E-state index in [1.165, 1.54) is 36.2 Å². The number of H-pyrrole nitrogens is 1. The molecule has 0 saturated heterocycles. The number of aromatic amines is 1. The summed E-state index contributed by atoms with van der Waals surface area (Å²) in [4.78, 5) is 0. The average molecular weight is 177 g/mol. The third-order valence-electron chi connectivity index (χ3n) is 3.07. The molecule has 1 saturated carbocycles. The third-order valence-corrected chi connectivity index (χ3v) is 3.07. The molecule has 3 nitrogen and oxygen atoms in total. The first kappa shape index (κ1) is 7.56. The highest BCUT2D eigenvalue weighted by Crippen LogP contribution is 2.33. The minimum atomic E-state index is 0.947. The van der Waals surface area contributed by atoms with Crippen LogP contribution < -0.4 is 5.32 Å². The van der Waals surface area contributed by atoms with Crippen LogP contribution in [0, 0.1) is 5.92 Å². The van der Waals surface area contributed by atoms with E-state index in [1.54, 1.807) is 0 Å². The van der Waals surface area contributed by atoms with Gasteiger partial charge in [-0.15, -0.1) is 0 Å². The number of nitrogens with one attached hydrogen (secondary N) is 2. The Balaban J connectivity index is 1.86. The van der Waals surface area contributed by atoms with Gasteiger partial charge < -0.3 is 5.32 Å². The fourth-order valence-corrected chi connectivity index (χ4v) is 2.08. The van der Waals surface area contributed by atoms with Crippen molar-refractivity contribution in [3.05, 3.63) is 17.0 Å². The molecule has 2 aliphatic rings. The van der Waals surface area contributed by atoms with Crippen LogP contribution >= 0.6 is 0 Å². The maximum absolute atomic E-state index is 4.41. The Labute approximate surface area is 77.9 Å². The zero-order chi connectivity index (χ0) is 8.67. The number of fused-ring (bicyclic) bond motifs is 1. The minimum absolute atomic E-state index is 0.947. The van der Waals surface area contributed by atoms with Gasteiger partial charge in [-0.1, -0.05) is 0 Å². The summed E-state index contributed by atoms with van der Waals surface area (Å²) in [7, 11) is 0. The molecule has 70 valence electrons. The maximum atomic E-state index is 4.41. The molecule has 1 aromatic heterocycles. The average Bonchev–Trinajstić information content (AvgIpc) is 2.88. The van der Waals surface area contributed by atoms with Gasteiger partial charge in [0.15, 0.2) is 0 Å². The first-order chi connectivity index (χ1) is 6.43. The second-order valence-electron chi connectivity index (χ2n) is 4.20. The zero-order valence-electron chi connectivity index (χ0n) is 7.77. The Morgan fingerprint density at radius 2 is 2.31 bits per heavy atom. The van der Waals surface area contributed by atoms with Crippen LogP contribution in [0.3, 0.4) is 0 Å². The summed E-state index contributed by atoms with van der Waals surface area (Å²) in [5.41, 5.74) is 4.17. The summed E-state index contributed by atoms with van der Waals surface area (Å²) >= 11 is 0. The van der Waals surface area contributed by atoms with E-state index in [0.717, 1.165) is 25.4 Å². The summed E-state index contributed by atoms with van der Waals surface area (Å²) in [5, 5.41) is 10.9. The largest absolute Gasteiger partial charge is 0.311 e. The van der Waals surface area contributed by atoms with Gasteiger partial charge in [-0.05, 0) is 43.7 Å². The second kappa shape index (κ2) is 2.84. The van der Waals surface area contributed by atoms with E-state index in [9.17, 15) is 0 Å². The molecule has 1 fully saturated rings. The zero-order valence-corrected chi connectivity index (χ0v) is 7.77. The number of hydrogen-bond acceptors (Lipinski definition) is 2. The Hall–Kier alpha value is -0.830. The van der Waals surface area contributed by atoms with Gasteiger partial charge in [-0.2, -0.15) is 5.10 Å². The highest BCUT2D eigenvalue weighted by Gasteiger charge is 2.25. The van der Waals surface area contributed by atoms with Crippen LogP contribution in [0.1, 0.15) is 29.8 Å². The molecule has 2 heterocycles. The lowest BCUT2D eigenvalue weighted by Gasteiger charge is -2.12. The molecule has 3 heteroatoms. The highest BCUT2D eigenvalue weighted by atomic mass is 15.1. The first-order valence-electron chi connectivity index (χ1n) is 5.19. The molecule has 1 aliphatic heterocycles. The van der Waals surface area contributed by atoms with Gasteiger partial charge >= 0.3 is 0 Å². The van der Waals surface area contributed by atoms with Gasteiger partial charge in [-0.25, -0.2) is 0 Å². The molecule has 3 rings (SSSR count). The lowest BCUT2D eigenvalue weighted by Crippen LogP contribution is -2.23. The van der Waals surface area contributed by atoms with Crippen molar-refractivity contribution < 1.29 is 0 Å². The molecular formula is C10H15N3. The predicted molar refractivity (Wildman–Crippen MR) is 50.4 cm³/mol. The van der Waals surface area contributed by atoms with Gasteiger partial charge in [-0.3, -0.25) is 5.10 Å². The molecule has 0 aromatic carbocycles. The van der Waals surface area contributed by atoms with Crippen molar-refractivity contribution in [2.24, 2.45) is 5.92 Å². The SMILES string of the molecule is C1Cc2c(CC3CC3)n[nH]c2CN1. The van der Waals surface area contributed by atoms with Crippen molar-refractivity contribution >= 4 is 0 Å². The predicted octanol–water partition coefficient (Wildman–Crippen LogP) is 1.01. The number of aromatic nitrogens is 2. The molecule has 2 N–H and O–H groups in total. The van der Waals surface area contributed by atoms with E-state index in [4.69, 9.17) is 0 Å². The van der Waals surface area contributed by atoms with Gasteiger partial charge in [0.2, 0.25) is 0 Å². The van der Waals surface area contributed by atoms with Gasteiger partial charge in [0.1, 0.15) is 0 Å². The van der Waals surface area contributed by atoms with Gasteiger partial charge in [0.05, 0.1) is 11.4 Å². The van der Waals surface area contributed by atoms with E-state index < -0.39 is 0 Å². The molecule has 1 aromatic rings. The molecule has 0 amide bonds. The molecule has 0 radical (unpaired) electrons. The van der Waals surface area contributed by atoms with Crippen molar-refractivity contribution in [3.8, 4) is 0 Å². The van der Waals surface area contributed by atoms with Crippen LogP contribution in [-0.2, 0) is 19.4 Å². The van der Waals surface area contributed by atoms with Gasteiger partial charge in [0.25, 0.3) is 0 Å². The molecular weight excluding hydrogens is 162 g/mol. The summed E-state index contributed by atoms with van der Waals surface area (Å²) in [6.45, 7) is 2.09. The summed E-state index contributed by atoms with van der Waals surface area (Å²) in [5.74, 6) is 0.947. The molecule has 0 bridgehead atoms. The molecule has 1 aliphatic carbocycles. The third kappa shape index (κ3) is 1.37. The normalized spacial score (nSPS) is 21.5. The number of hydrogen-bond donors (Lipinski definition) is 2. The fourth-order valence-electron chi connectivity index (χ4n) is 2.08. The smallest absolute Gasteiger partial charge is 0.0660 e. The van der Waals surface area contributed by atoms with E-state index in [-0.39, 0.29) is 0 Å². The Morgan fingerprint density at radius 3 is 3.15 bits per heavy atom. The van der Waals surface area contributed by atoms with E-state index in [2.05, 4.69) is 15.5 Å². The van der Waals surface area contributed by atoms with E-state index in [0.29, 0.717) is 0 Å². The Morgan fingerprint density at radius 1 is 1.38 bits per heavy atom. The van der Waals surface area contributed by atoms with Crippen LogP contribution in [0.25, 0.3) is 0 Å². The van der Waals surface area contributed by atoms with Crippen LogP contribution in [0.4, 0.5) is 0 Å². The highest BCUT2D eigenvalue weighted by molar-refractivity contribution is 5.28. The van der Waals surface area contributed by atoms with E-state index in [1.807, 2.05) is 0 Å². The number of nitrogens with zero attached hydrogens (tertiary/aromatic N) is 1. The summed E-state index contributed by atoms with van der Waals surface area (Å²) in [6, 6.07) is 0. The van der Waals surface area contributed by atoms with Crippen LogP contribution in [0.5, 0.6) is 0 Å². The van der Waals surface area contributed by atoms with Crippen molar-refractivity contribution in [2.45, 2.75) is 32.2 Å². The molecule has 0 unspecified atom stereocenters. The summed E-state index contributed by atoms with van der Waals surface area (Å²) in [6.07, 6.45) is 5.21. The molecule has 0 spiro atoms. The lowest BCUT2D eigenvalue weighted by atomic mass is 10.0. The van der Waals surface area contributed by atoms with Crippen molar-refractivity contribution in [1.82, 2.24) is 15.5 Å². The van der Waals surface area contributed by atoms with Crippen LogP contribution in [-0.4, -0.2) is 16.7 Å². The van der Waals surface area contributed by atoms with E-state index >= 15 is 0 Å². The molecule has 0 atom stereocenters. The van der Waals surface area contributed by atoms with Crippen molar-refractivity contribution in [2.75, 3.05) is 6.54 Å². The molecule has 13 heavy (non-hydrogen) atoms. The quantitative estimate of drug-likeness (QED) is 0.707. The maximum Gasteiger partial charge on any atom is 0.0660 e. The van der Waals surface area contributed by atoms with Crippen LogP contribution in [0.2, 0.25) is 0 Å². The van der Waals surface area contributed by atoms with Crippen molar-refractivity contribution in [1.29, 1.82) is 0 Å². The summed E-state index contributed by atoms with van der Waals surface area (Å²) < 4.78 is 0. The monoisotopic (exact) mass is 177 g/mol. The van der Waals surface area contributed by atoms with Crippen molar-refractivity contribution in [3.63, 3.8) is 0 Å². The lowest BCUT2D eigenvalue weighted by molar-refractivity contribution is 0.630. The first-order valence-corrected chi connectivity index (χ1v) is 5.19. The Bertz CT molecular complexity index is 312. The number of rotatable bonds is 2. The topological polar surface area (TPSA) is 40.7 Å². The standard InChI is InChI=1S/C10H15N3/c1-2-7(1)5-9-8-3-4-11-6-10(8)13-12-9/h7,11H,1-6H2,(H,12,13). The Kier molecular flexibility index (Phi) is 1.65.